The highest BCUT2D eigenvalue weighted by Crippen LogP contribution is 2.57. The van der Waals surface area contributed by atoms with E-state index < -0.39 is 35.3 Å². The first-order valence-electron chi connectivity index (χ1n) is 5.11. The molecular weight excluding hydrogens is 291 g/mol. The summed E-state index contributed by atoms with van der Waals surface area (Å²) >= 11 is 0. The predicted octanol–water partition coefficient (Wildman–Crippen LogP) is 5.14. The van der Waals surface area contributed by atoms with Crippen LogP contribution in [0.4, 0.5) is 39.5 Å². The van der Waals surface area contributed by atoms with E-state index in [0.29, 0.717) is 6.92 Å². The highest BCUT2D eigenvalue weighted by Gasteiger charge is 2.82. The molecule has 0 aliphatic rings. The molecule has 0 nitrogen and oxygen atoms in total. The number of hydrogen-bond donors (Lipinski definition) is 0. The summed E-state index contributed by atoms with van der Waals surface area (Å²) < 4.78 is 114. The lowest BCUT2D eigenvalue weighted by Crippen LogP contribution is -2.64. The highest BCUT2D eigenvalue weighted by atomic mass is 19.4. The van der Waals surface area contributed by atoms with Crippen LogP contribution < -0.4 is 0 Å². The Morgan fingerprint density at radius 1 is 0.632 bits per heavy atom. The maximum Gasteiger partial charge on any atom is 0.460 e. The molecule has 19 heavy (non-hydrogen) atoms. The Hall–Kier alpha value is -0.630. The monoisotopic (exact) mass is 304 g/mol. The summed E-state index contributed by atoms with van der Waals surface area (Å²) in [5.74, 6) is -21.3. The molecule has 0 fully saturated rings. The van der Waals surface area contributed by atoms with Crippen LogP contribution in [0.1, 0.15) is 27.7 Å². The summed E-state index contributed by atoms with van der Waals surface area (Å²) in [7, 11) is 0. The molecule has 0 heterocycles. The molecule has 0 bridgehead atoms. The van der Waals surface area contributed by atoms with Gasteiger partial charge in [-0.1, -0.05) is 27.7 Å². The lowest BCUT2D eigenvalue weighted by molar-refractivity contribution is -0.405. The van der Waals surface area contributed by atoms with E-state index in [1.807, 2.05) is 0 Å². The second-order valence-electron chi connectivity index (χ2n) is 5.36. The Morgan fingerprint density at radius 2 is 0.947 bits per heavy atom. The van der Waals surface area contributed by atoms with E-state index in [-0.39, 0.29) is 0 Å². The molecule has 1 atom stereocenters. The van der Waals surface area contributed by atoms with Crippen molar-refractivity contribution in [2.24, 2.45) is 11.3 Å². The van der Waals surface area contributed by atoms with Gasteiger partial charge in [0.05, 0.1) is 0 Å². The van der Waals surface area contributed by atoms with E-state index in [0.717, 1.165) is 20.8 Å². The van der Waals surface area contributed by atoms with Crippen molar-refractivity contribution in [1.82, 2.24) is 0 Å². The zero-order chi connectivity index (χ0) is 16.1. The number of alkyl halides is 9. The largest absolute Gasteiger partial charge is 0.460 e. The Morgan fingerprint density at radius 3 is 1.16 bits per heavy atom. The third-order valence-corrected chi connectivity index (χ3v) is 3.01. The summed E-state index contributed by atoms with van der Waals surface area (Å²) in [6, 6.07) is 0. The van der Waals surface area contributed by atoms with Gasteiger partial charge >= 0.3 is 23.9 Å². The van der Waals surface area contributed by atoms with Crippen molar-refractivity contribution in [1.29, 1.82) is 0 Å². The van der Waals surface area contributed by atoms with Gasteiger partial charge in [-0.05, 0) is 5.41 Å². The van der Waals surface area contributed by atoms with Crippen molar-refractivity contribution in [2.45, 2.75) is 51.6 Å². The highest BCUT2D eigenvalue weighted by molar-refractivity contribution is 5.03. The molecule has 0 rings (SSSR count). The van der Waals surface area contributed by atoms with Crippen molar-refractivity contribution in [3.63, 3.8) is 0 Å². The van der Waals surface area contributed by atoms with Gasteiger partial charge in [0.1, 0.15) is 0 Å². The molecule has 0 saturated carbocycles. The number of rotatable bonds is 3. The van der Waals surface area contributed by atoms with E-state index in [1.54, 1.807) is 0 Å². The summed E-state index contributed by atoms with van der Waals surface area (Å²) in [4.78, 5) is 0. The summed E-state index contributed by atoms with van der Waals surface area (Å²) in [6.07, 6.45) is -6.77. The molecular formula is C10H13F9. The number of halogens is 9. The van der Waals surface area contributed by atoms with Gasteiger partial charge in [-0.25, -0.2) is 0 Å². The van der Waals surface area contributed by atoms with Crippen LogP contribution in [-0.4, -0.2) is 23.9 Å². The first kappa shape index (κ1) is 18.4. The number of hydrogen-bond acceptors (Lipinski definition) is 0. The normalized spacial score (nSPS) is 17.5. The topological polar surface area (TPSA) is 0 Å². The molecule has 0 aromatic heterocycles. The van der Waals surface area contributed by atoms with Crippen LogP contribution in [0.15, 0.2) is 0 Å². The van der Waals surface area contributed by atoms with Gasteiger partial charge in [0, 0.05) is 5.92 Å². The lowest BCUT2D eigenvalue weighted by atomic mass is 9.75. The van der Waals surface area contributed by atoms with Crippen molar-refractivity contribution < 1.29 is 39.5 Å². The predicted molar refractivity (Wildman–Crippen MR) is 49.5 cm³/mol. The smallest absolute Gasteiger partial charge is 0.199 e. The molecule has 0 saturated heterocycles. The molecule has 1 unspecified atom stereocenters. The molecule has 0 spiro atoms. The first-order valence-corrected chi connectivity index (χ1v) is 5.11. The molecule has 0 aliphatic carbocycles. The molecule has 0 aromatic carbocycles. The first-order chi connectivity index (χ1) is 7.90. The summed E-state index contributed by atoms with van der Waals surface area (Å²) in [5, 5.41) is 0. The maximum atomic E-state index is 13.4. The van der Waals surface area contributed by atoms with Crippen LogP contribution >= 0.6 is 0 Å². The third kappa shape index (κ3) is 2.79. The lowest BCUT2D eigenvalue weighted by Gasteiger charge is -2.41. The van der Waals surface area contributed by atoms with Crippen LogP contribution in [0.25, 0.3) is 0 Å². The van der Waals surface area contributed by atoms with E-state index in [2.05, 4.69) is 0 Å². The van der Waals surface area contributed by atoms with Gasteiger partial charge in [0.25, 0.3) is 0 Å². The second kappa shape index (κ2) is 4.44. The van der Waals surface area contributed by atoms with Crippen LogP contribution in [0.3, 0.4) is 0 Å². The van der Waals surface area contributed by atoms with Gasteiger partial charge in [-0.15, -0.1) is 0 Å². The summed E-state index contributed by atoms with van der Waals surface area (Å²) in [5.41, 5.74) is -1.59. The standard InChI is InChI=1S/C10H13F9/c1-5(6(2,3)4)7(11,12)8(13,14)9(15,16)10(17,18)19/h5H,1-4H3. The van der Waals surface area contributed by atoms with E-state index in [1.165, 1.54) is 0 Å². The maximum absolute atomic E-state index is 13.4. The van der Waals surface area contributed by atoms with Gasteiger partial charge in [-0.2, -0.15) is 39.5 Å². The fraction of sp³-hybridized carbons (Fsp3) is 1.00. The minimum absolute atomic E-state index is 0.500. The van der Waals surface area contributed by atoms with Gasteiger partial charge in [0.15, 0.2) is 0 Å². The van der Waals surface area contributed by atoms with Gasteiger partial charge < -0.3 is 0 Å². The Bertz CT molecular complexity index is 321. The minimum Gasteiger partial charge on any atom is -0.199 e. The van der Waals surface area contributed by atoms with Crippen LogP contribution in [0, 0.1) is 11.3 Å². The van der Waals surface area contributed by atoms with E-state index in [9.17, 15) is 39.5 Å². The van der Waals surface area contributed by atoms with Crippen LogP contribution in [0.2, 0.25) is 0 Å². The third-order valence-electron chi connectivity index (χ3n) is 3.01. The minimum atomic E-state index is -6.82. The second-order valence-corrected chi connectivity index (χ2v) is 5.36. The van der Waals surface area contributed by atoms with E-state index in [4.69, 9.17) is 0 Å². The zero-order valence-electron chi connectivity index (χ0n) is 10.5. The van der Waals surface area contributed by atoms with Crippen LogP contribution in [-0.2, 0) is 0 Å². The van der Waals surface area contributed by atoms with Crippen molar-refractivity contribution in [2.75, 3.05) is 0 Å². The molecule has 0 radical (unpaired) electrons. The SMILES string of the molecule is CC(C(C)(C)C)C(F)(F)C(F)(F)C(F)(F)C(F)(F)F. The van der Waals surface area contributed by atoms with Gasteiger partial charge in [0.2, 0.25) is 0 Å². The Balaban J connectivity index is 5.78. The quantitative estimate of drug-likeness (QED) is 0.634. The van der Waals surface area contributed by atoms with E-state index >= 15 is 0 Å². The Kier molecular flexibility index (Phi) is 4.30. The fourth-order valence-corrected chi connectivity index (χ4v) is 1.20. The van der Waals surface area contributed by atoms with Gasteiger partial charge in [-0.3, -0.25) is 0 Å². The van der Waals surface area contributed by atoms with Crippen molar-refractivity contribution in [3.05, 3.63) is 0 Å². The average Bonchev–Trinajstić information content (AvgIpc) is 2.12. The summed E-state index contributed by atoms with van der Waals surface area (Å²) in [6.45, 7) is 3.61. The molecule has 0 aromatic rings. The van der Waals surface area contributed by atoms with Crippen LogP contribution in [0.5, 0.6) is 0 Å². The zero-order valence-corrected chi connectivity index (χ0v) is 10.5. The molecule has 0 amide bonds. The molecule has 0 N–H and O–H groups in total. The molecule has 9 heteroatoms. The fourth-order valence-electron chi connectivity index (χ4n) is 1.20. The van der Waals surface area contributed by atoms with Crippen molar-refractivity contribution in [3.8, 4) is 0 Å². The Labute approximate surface area is 104 Å². The van der Waals surface area contributed by atoms with Crippen molar-refractivity contribution >= 4 is 0 Å². The molecule has 0 aliphatic heterocycles. The molecule has 116 valence electrons. The average molecular weight is 304 g/mol.